The molecule has 0 aliphatic carbocycles. The standard InChI is InChI=1S/C16H22N2O4/c19-15(20)3-1-2-8-17-16(21)13-4-6-14(7-5-13)18-9-11-22-12-10-18/h4-7H,1-3,8-12H2,(H,17,21)(H,19,20). The van der Waals surface area contributed by atoms with Crippen molar-refractivity contribution in [2.45, 2.75) is 19.3 Å². The number of morpholine rings is 1. The summed E-state index contributed by atoms with van der Waals surface area (Å²) in [5, 5.41) is 11.3. The molecule has 0 aromatic heterocycles. The molecule has 0 radical (unpaired) electrons. The Hall–Kier alpha value is -2.08. The third-order valence-electron chi connectivity index (χ3n) is 3.61. The Morgan fingerprint density at radius 1 is 1.14 bits per heavy atom. The first kappa shape index (κ1) is 16.3. The lowest BCUT2D eigenvalue weighted by Crippen LogP contribution is -2.36. The van der Waals surface area contributed by atoms with Crippen LogP contribution in [-0.4, -0.2) is 49.8 Å². The molecule has 1 aromatic carbocycles. The molecule has 0 saturated carbocycles. The molecule has 1 saturated heterocycles. The van der Waals surface area contributed by atoms with E-state index in [0.29, 0.717) is 24.9 Å². The Bertz CT molecular complexity index is 495. The zero-order valence-electron chi connectivity index (χ0n) is 12.6. The van der Waals surface area contributed by atoms with Gasteiger partial charge in [0.2, 0.25) is 0 Å². The Morgan fingerprint density at radius 3 is 2.45 bits per heavy atom. The Balaban J connectivity index is 1.77. The Morgan fingerprint density at radius 2 is 1.82 bits per heavy atom. The van der Waals surface area contributed by atoms with Crippen molar-refractivity contribution >= 4 is 17.6 Å². The van der Waals surface area contributed by atoms with Crippen molar-refractivity contribution < 1.29 is 19.4 Å². The second kappa shape index (κ2) is 8.38. The maximum Gasteiger partial charge on any atom is 0.303 e. The monoisotopic (exact) mass is 306 g/mol. The van der Waals surface area contributed by atoms with Crippen molar-refractivity contribution in [2.75, 3.05) is 37.7 Å². The quantitative estimate of drug-likeness (QED) is 0.747. The molecule has 2 rings (SSSR count). The molecule has 1 aliphatic heterocycles. The molecule has 6 nitrogen and oxygen atoms in total. The molecule has 1 amide bonds. The minimum Gasteiger partial charge on any atom is -0.481 e. The van der Waals surface area contributed by atoms with E-state index in [1.54, 1.807) is 0 Å². The van der Waals surface area contributed by atoms with Gasteiger partial charge in [-0.2, -0.15) is 0 Å². The van der Waals surface area contributed by atoms with Gasteiger partial charge in [0.05, 0.1) is 13.2 Å². The van der Waals surface area contributed by atoms with Crippen molar-refractivity contribution in [1.29, 1.82) is 0 Å². The third-order valence-corrected chi connectivity index (χ3v) is 3.61. The Kier molecular flexibility index (Phi) is 6.21. The number of carbonyl (C=O) groups excluding carboxylic acids is 1. The summed E-state index contributed by atoms with van der Waals surface area (Å²) >= 11 is 0. The topological polar surface area (TPSA) is 78.9 Å². The van der Waals surface area contributed by atoms with Gasteiger partial charge in [0.25, 0.3) is 5.91 Å². The van der Waals surface area contributed by atoms with Gasteiger partial charge < -0.3 is 20.1 Å². The number of rotatable bonds is 7. The fourth-order valence-electron chi connectivity index (χ4n) is 2.35. The first-order valence-electron chi connectivity index (χ1n) is 7.59. The molecule has 22 heavy (non-hydrogen) atoms. The summed E-state index contributed by atoms with van der Waals surface area (Å²) in [6.45, 7) is 3.71. The molecule has 0 unspecified atom stereocenters. The van der Waals surface area contributed by atoms with Gasteiger partial charge in [-0.25, -0.2) is 0 Å². The Labute approximate surface area is 130 Å². The number of aliphatic carboxylic acids is 1. The van der Waals surface area contributed by atoms with E-state index >= 15 is 0 Å². The van der Waals surface area contributed by atoms with Crippen molar-refractivity contribution in [3.05, 3.63) is 29.8 Å². The van der Waals surface area contributed by atoms with Crippen LogP contribution in [-0.2, 0) is 9.53 Å². The highest BCUT2D eigenvalue weighted by Gasteiger charge is 2.12. The molecule has 1 aliphatic rings. The molecule has 6 heteroatoms. The highest BCUT2D eigenvalue weighted by atomic mass is 16.5. The SMILES string of the molecule is O=C(O)CCCCNC(=O)c1ccc(N2CCOCC2)cc1. The maximum atomic E-state index is 12.0. The fourth-order valence-corrected chi connectivity index (χ4v) is 2.35. The van der Waals surface area contributed by atoms with Crippen LogP contribution in [0.4, 0.5) is 5.69 Å². The lowest BCUT2D eigenvalue weighted by Gasteiger charge is -2.28. The van der Waals surface area contributed by atoms with Crippen molar-refractivity contribution in [3.8, 4) is 0 Å². The number of carboxylic acids is 1. The highest BCUT2D eigenvalue weighted by Crippen LogP contribution is 2.16. The third kappa shape index (κ3) is 5.04. The largest absolute Gasteiger partial charge is 0.481 e. The van der Waals surface area contributed by atoms with E-state index in [1.807, 2.05) is 24.3 Å². The lowest BCUT2D eigenvalue weighted by molar-refractivity contribution is -0.137. The molecule has 0 spiro atoms. The second-order valence-corrected chi connectivity index (χ2v) is 5.25. The number of amides is 1. The number of unbranched alkanes of at least 4 members (excludes halogenated alkanes) is 1. The van der Waals surface area contributed by atoms with Gasteiger partial charge >= 0.3 is 5.97 Å². The van der Waals surface area contributed by atoms with Crippen LogP contribution in [0.25, 0.3) is 0 Å². The van der Waals surface area contributed by atoms with Crippen LogP contribution >= 0.6 is 0 Å². The van der Waals surface area contributed by atoms with Gasteiger partial charge in [0, 0.05) is 37.3 Å². The molecule has 1 fully saturated rings. The normalized spacial score (nSPS) is 14.6. The minimum atomic E-state index is -0.801. The lowest BCUT2D eigenvalue weighted by atomic mass is 10.1. The number of benzene rings is 1. The average molecular weight is 306 g/mol. The number of nitrogens with zero attached hydrogens (tertiary/aromatic N) is 1. The van der Waals surface area contributed by atoms with Crippen LogP contribution in [0, 0.1) is 0 Å². The number of anilines is 1. The zero-order valence-corrected chi connectivity index (χ0v) is 12.6. The van der Waals surface area contributed by atoms with Crippen LogP contribution in [0.3, 0.4) is 0 Å². The number of carboxylic acid groups (broad SMARTS) is 1. The smallest absolute Gasteiger partial charge is 0.303 e. The average Bonchev–Trinajstić information content (AvgIpc) is 2.55. The van der Waals surface area contributed by atoms with Crippen molar-refractivity contribution in [1.82, 2.24) is 5.32 Å². The van der Waals surface area contributed by atoms with E-state index in [4.69, 9.17) is 9.84 Å². The number of hydrogen-bond acceptors (Lipinski definition) is 4. The first-order chi connectivity index (χ1) is 10.7. The molecule has 1 heterocycles. The van der Waals surface area contributed by atoms with Crippen LogP contribution in [0.1, 0.15) is 29.6 Å². The molecular weight excluding hydrogens is 284 g/mol. The maximum absolute atomic E-state index is 12.0. The summed E-state index contributed by atoms with van der Waals surface area (Å²) in [5.74, 6) is -0.922. The van der Waals surface area contributed by atoms with Crippen LogP contribution in [0.5, 0.6) is 0 Å². The van der Waals surface area contributed by atoms with E-state index in [2.05, 4.69) is 10.2 Å². The number of hydrogen-bond donors (Lipinski definition) is 2. The predicted octanol–water partition coefficient (Wildman–Crippen LogP) is 1.51. The fraction of sp³-hybridized carbons (Fsp3) is 0.500. The van der Waals surface area contributed by atoms with Gasteiger partial charge in [0.15, 0.2) is 0 Å². The first-order valence-corrected chi connectivity index (χ1v) is 7.59. The molecule has 120 valence electrons. The van der Waals surface area contributed by atoms with Gasteiger partial charge in [0.1, 0.15) is 0 Å². The second-order valence-electron chi connectivity index (χ2n) is 5.25. The summed E-state index contributed by atoms with van der Waals surface area (Å²) in [7, 11) is 0. The highest BCUT2D eigenvalue weighted by molar-refractivity contribution is 5.94. The number of ether oxygens (including phenoxy) is 1. The summed E-state index contributed by atoms with van der Waals surface area (Å²) < 4.78 is 5.32. The van der Waals surface area contributed by atoms with Crippen LogP contribution in [0.15, 0.2) is 24.3 Å². The molecular formula is C16H22N2O4. The number of nitrogens with one attached hydrogen (secondary N) is 1. The predicted molar refractivity (Wildman–Crippen MR) is 83.3 cm³/mol. The van der Waals surface area contributed by atoms with Gasteiger partial charge in [-0.15, -0.1) is 0 Å². The molecule has 0 bridgehead atoms. The van der Waals surface area contributed by atoms with E-state index in [1.165, 1.54) is 0 Å². The van der Waals surface area contributed by atoms with Crippen molar-refractivity contribution in [2.24, 2.45) is 0 Å². The van der Waals surface area contributed by atoms with E-state index in [9.17, 15) is 9.59 Å². The zero-order chi connectivity index (χ0) is 15.8. The van der Waals surface area contributed by atoms with Crippen molar-refractivity contribution in [3.63, 3.8) is 0 Å². The van der Waals surface area contributed by atoms with E-state index in [0.717, 1.165) is 32.0 Å². The van der Waals surface area contributed by atoms with Gasteiger partial charge in [-0.3, -0.25) is 9.59 Å². The van der Waals surface area contributed by atoms with Gasteiger partial charge in [-0.1, -0.05) is 0 Å². The molecule has 2 N–H and O–H groups in total. The number of carbonyl (C=O) groups is 2. The van der Waals surface area contributed by atoms with Gasteiger partial charge in [-0.05, 0) is 37.1 Å². The van der Waals surface area contributed by atoms with E-state index < -0.39 is 5.97 Å². The molecule has 1 aromatic rings. The summed E-state index contributed by atoms with van der Waals surface area (Å²) in [4.78, 5) is 24.6. The minimum absolute atomic E-state index is 0.121. The molecule has 0 atom stereocenters. The van der Waals surface area contributed by atoms with Crippen LogP contribution in [0.2, 0.25) is 0 Å². The summed E-state index contributed by atoms with van der Waals surface area (Å²) in [6, 6.07) is 7.53. The summed E-state index contributed by atoms with van der Waals surface area (Å²) in [6.07, 6.45) is 1.39. The summed E-state index contributed by atoms with van der Waals surface area (Å²) in [5.41, 5.74) is 1.72. The van der Waals surface area contributed by atoms with E-state index in [-0.39, 0.29) is 12.3 Å². The van der Waals surface area contributed by atoms with Crippen LogP contribution < -0.4 is 10.2 Å².